The molecule has 0 bridgehead atoms. The first-order valence-electron chi connectivity index (χ1n) is 10.6. The Morgan fingerprint density at radius 3 is 2.71 bits per heavy atom. The van der Waals surface area contributed by atoms with Crippen molar-refractivity contribution in [2.24, 2.45) is 16.8 Å². The number of halogens is 1. The second-order valence-electron chi connectivity index (χ2n) is 8.08. The van der Waals surface area contributed by atoms with Crippen LogP contribution in [0, 0.1) is 11.8 Å². The third-order valence-corrected chi connectivity index (χ3v) is 7.15. The van der Waals surface area contributed by atoms with Crippen molar-refractivity contribution in [1.29, 1.82) is 0 Å². The lowest BCUT2D eigenvalue weighted by Gasteiger charge is -2.39. The maximum absolute atomic E-state index is 4.47. The number of hydrogen-bond donors (Lipinski definition) is 2. The van der Waals surface area contributed by atoms with Gasteiger partial charge in [0.05, 0.1) is 0 Å². The van der Waals surface area contributed by atoms with Crippen LogP contribution in [0.5, 0.6) is 0 Å². The quantitative estimate of drug-likeness (QED) is 0.342. The fourth-order valence-electron chi connectivity index (χ4n) is 4.68. The zero-order valence-corrected chi connectivity index (χ0v) is 20.8. The molecule has 0 aromatic carbocycles. The minimum absolute atomic E-state index is 0. The Kier molecular flexibility index (Phi) is 10.5. The van der Waals surface area contributed by atoms with Crippen molar-refractivity contribution in [2.45, 2.75) is 38.6 Å². The maximum Gasteiger partial charge on any atom is 0.190 e. The van der Waals surface area contributed by atoms with Crippen LogP contribution < -0.4 is 10.6 Å². The van der Waals surface area contributed by atoms with Crippen LogP contribution in [0.15, 0.2) is 22.5 Å². The fraction of sp³-hybridized carbons (Fsp3) is 0.762. The summed E-state index contributed by atoms with van der Waals surface area (Å²) in [6.45, 7) is 9.12. The number of nitrogens with one attached hydrogen (secondary N) is 2. The van der Waals surface area contributed by atoms with Crippen molar-refractivity contribution in [3.63, 3.8) is 0 Å². The molecule has 0 radical (unpaired) electrons. The summed E-state index contributed by atoms with van der Waals surface area (Å²) in [7, 11) is 4.16. The van der Waals surface area contributed by atoms with Gasteiger partial charge < -0.3 is 15.5 Å². The maximum atomic E-state index is 4.47. The highest BCUT2D eigenvalue weighted by Crippen LogP contribution is 2.36. The SMILES string of the molecule is CCN1CCCC(CNC(=NC)NCC2CCCN(C)C2c2cccs2)C1.I. The Hall–Kier alpha value is -0.380. The van der Waals surface area contributed by atoms with E-state index in [4.69, 9.17) is 0 Å². The third-order valence-electron chi connectivity index (χ3n) is 6.21. The third kappa shape index (κ3) is 6.57. The molecule has 2 fully saturated rings. The van der Waals surface area contributed by atoms with E-state index in [1.54, 1.807) is 0 Å². The van der Waals surface area contributed by atoms with Gasteiger partial charge in [-0.05, 0) is 75.6 Å². The van der Waals surface area contributed by atoms with Gasteiger partial charge in [0.15, 0.2) is 5.96 Å². The minimum atomic E-state index is 0. The average Bonchev–Trinajstić information content (AvgIpc) is 3.22. The van der Waals surface area contributed by atoms with Gasteiger partial charge >= 0.3 is 0 Å². The van der Waals surface area contributed by atoms with Gasteiger partial charge in [-0.15, -0.1) is 35.3 Å². The summed E-state index contributed by atoms with van der Waals surface area (Å²) >= 11 is 1.89. The Bertz CT molecular complexity index is 579. The second-order valence-corrected chi connectivity index (χ2v) is 9.06. The smallest absolute Gasteiger partial charge is 0.190 e. The molecule has 0 saturated carbocycles. The summed E-state index contributed by atoms with van der Waals surface area (Å²) in [5.74, 6) is 2.32. The van der Waals surface area contributed by atoms with E-state index >= 15 is 0 Å². The molecule has 0 amide bonds. The van der Waals surface area contributed by atoms with Crippen LogP contribution in [0.3, 0.4) is 0 Å². The number of nitrogens with zero attached hydrogens (tertiary/aromatic N) is 3. The molecule has 3 unspecified atom stereocenters. The highest BCUT2D eigenvalue weighted by Gasteiger charge is 2.31. The van der Waals surface area contributed by atoms with E-state index < -0.39 is 0 Å². The van der Waals surface area contributed by atoms with Gasteiger partial charge in [0.2, 0.25) is 0 Å². The molecule has 28 heavy (non-hydrogen) atoms. The second kappa shape index (κ2) is 12.3. The summed E-state index contributed by atoms with van der Waals surface area (Å²) in [6, 6.07) is 5.00. The molecular formula is C21H38IN5S. The first-order chi connectivity index (χ1) is 13.2. The molecular weight excluding hydrogens is 481 g/mol. The van der Waals surface area contributed by atoms with E-state index in [1.807, 2.05) is 18.4 Å². The molecule has 2 saturated heterocycles. The zero-order chi connectivity index (χ0) is 19.1. The van der Waals surface area contributed by atoms with E-state index in [0.29, 0.717) is 12.0 Å². The first kappa shape index (κ1) is 23.9. The van der Waals surface area contributed by atoms with Crippen molar-refractivity contribution >= 4 is 41.3 Å². The average molecular weight is 520 g/mol. The van der Waals surface area contributed by atoms with Crippen molar-refractivity contribution in [3.8, 4) is 0 Å². The van der Waals surface area contributed by atoms with Gasteiger partial charge in [0.25, 0.3) is 0 Å². The van der Waals surface area contributed by atoms with E-state index in [9.17, 15) is 0 Å². The lowest BCUT2D eigenvalue weighted by molar-refractivity contribution is 0.125. The van der Waals surface area contributed by atoms with Crippen molar-refractivity contribution in [3.05, 3.63) is 22.4 Å². The molecule has 3 atom stereocenters. The predicted octanol–water partition coefficient (Wildman–Crippen LogP) is 3.65. The summed E-state index contributed by atoms with van der Waals surface area (Å²) < 4.78 is 0. The number of guanidine groups is 1. The van der Waals surface area contributed by atoms with E-state index in [0.717, 1.165) is 25.0 Å². The van der Waals surface area contributed by atoms with Crippen LogP contribution in [0.25, 0.3) is 0 Å². The van der Waals surface area contributed by atoms with Crippen LogP contribution in [0.4, 0.5) is 0 Å². The van der Waals surface area contributed by atoms with Crippen LogP contribution in [-0.4, -0.2) is 69.1 Å². The molecule has 5 nitrogen and oxygen atoms in total. The number of piperidine rings is 2. The Morgan fingerprint density at radius 2 is 2.00 bits per heavy atom. The molecule has 0 spiro atoms. The van der Waals surface area contributed by atoms with Gasteiger partial charge in [0, 0.05) is 37.6 Å². The van der Waals surface area contributed by atoms with Crippen LogP contribution >= 0.6 is 35.3 Å². The Morgan fingerprint density at radius 1 is 1.21 bits per heavy atom. The molecule has 1 aromatic rings. The molecule has 7 heteroatoms. The molecule has 2 N–H and O–H groups in total. The Labute approximate surface area is 192 Å². The van der Waals surface area contributed by atoms with Crippen molar-refractivity contribution in [1.82, 2.24) is 20.4 Å². The molecule has 1 aromatic heterocycles. The topological polar surface area (TPSA) is 42.9 Å². The zero-order valence-electron chi connectivity index (χ0n) is 17.7. The van der Waals surface area contributed by atoms with Crippen LogP contribution in [0.2, 0.25) is 0 Å². The summed E-state index contributed by atoms with van der Waals surface area (Å²) in [6.07, 6.45) is 5.22. The predicted molar refractivity (Wildman–Crippen MR) is 132 cm³/mol. The fourth-order valence-corrected chi connectivity index (χ4v) is 5.66. The van der Waals surface area contributed by atoms with Gasteiger partial charge in [-0.3, -0.25) is 9.89 Å². The van der Waals surface area contributed by atoms with Gasteiger partial charge in [-0.2, -0.15) is 0 Å². The van der Waals surface area contributed by atoms with E-state index in [2.05, 4.69) is 56.9 Å². The van der Waals surface area contributed by atoms with Gasteiger partial charge in [-0.1, -0.05) is 13.0 Å². The largest absolute Gasteiger partial charge is 0.356 e. The van der Waals surface area contributed by atoms with Crippen molar-refractivity contribution in [2.75, 3.05) is 53.4 Å². The summed E-state index contributed by atoms with van der Waals surface area (Å²) in [4.78, 5) is 11.1. The lowest BCUT2D eigenvalue weighted by Crippen LogP contribution is -2.47. The summed E-state index contributed by atoms with van der Waals surface area (Å²) in [5.41, 5.74) is 0. The highest BCUT2D eigenvalue weighted by atomic mass is 127. The normalized spacial score (nSPS) is 27.2. The Balaban J connectivity index is 0.00000280. The monoisotopic (exact) mass is 519 g/mol. The number of thiophene rings is 1. The van der Waals surface area contributed by atoms with Crippen molar-refractivity contribution < 1.29 is 0 Å². The molecule has 160 valence electrons. The molecule has 0 aliphatic carbocycles. The molecule has 3 heterocycles. The van der Waals surface area contributed by atoms with Gasteiger partial charge in [0.1, 0.15) is 0 Å². The molecule has 3 rings (SSSR count). The summed E-state index contributed by atoms with van der Waals surface area (Å²) in [5, 5.41) is 9.41. The molecule has 2 aliphatic heterocycles. The number of likely N-dealkylation sites (tertiary alicyclic amines) is 2. The first-order valence-corrected chi connectivity index (χ1v) is 11.5. The molecule has 2 aliphatic rings. The minimum Gasteiger partial charge on any atom is -0.356 e. The highest BCUT2D eigenvalue weighted by molar-refractivity contribution is 14.0. The number of aliphatic imine (C=N–C) groups is 1. The van der Waals surface area contributed by atoms with Crippen LogP contribution in [-0.2, 0) is 0 Å². The number of hydrogen-bond acceptors (Lipinski definition) is 4. The van der Waals surface area contributed by atoms with Crippen LogP contribution in [0.1, 0.15) is 43.5 Å². The van der Waals surface area contributed by atoms with Gasteiger partial charge in [-0.25, -0.2) is 0 Å². The number of rotatable bonds is 6. The standard InChI is InChI=1S/C21H37N5S.HI/c1-4-26-12-5-8-17(16-26)14-23-21(22-2)24-15-18-9-6-11-25(3)20(18)19-10-7-13-27-19;/h7,10,13,17-18,20H,4-6,8-9,11-12,14-16H2,1-3H3,(H2,22,23,24);1H. The lowest BCUT2D eigenvalue weighted by atomic mass is 9.88. The van der Waals surface area contributed by atoms with E-state index in [1.165, 1.54) is 56.7 Å². The van der Waals surface area contributed by atoms with E-state index in [-0.39, 0.29) is 24.0 Å².